The summed E-state index contributed by atoms with van der Waals surface area (Å²) in [6.07, 6.45) is 0.615. The summed E-state index contributed by atoms with van der Waals surface area (Å²) in [5.41, 5.74) is 5.33. The highest BCUT2D eigenvalue weighted by atomic mass is 32.2. The standard InChI is InChI=1S/C12H26N4O3S/c1-9(2)7-10(13)11(17)16-6-5-15(20(14,18)19)8-12(16,3)4/h9-10H,5-8,13H2,1-4H3,(H2,14,18,19). The first kappa shape index (κ1) is 17.4. The minimum Gasteiger partial charge on any atom is -0.334 e. The highest BCUT2D eigenvalue weighted by Crippen LogP contribution is 2.23. The van der Waals surface area contributed by atoms with E-state index in [0.29, 0.717) is 18.9 Å². The summed E-state index contributed by atoms with van der Waals surface area (Å²) < 4.78 is 24.0. The van der Waals surface area contributed by atoms with Crippen molar-refractivity contribution in [2.45, 2.75) is 45.7 Å². The van der Waals surface area contributed by atoms with Gasteiger partial charge in [-0.25, -0.2) is 5.14 Å². The van der Waals surface area contributed by atoms with E-state index in [1.165, 1.54) is 4.31 Å². The Hall–Kier alpha value is -0.700. The lowest BCUT2D eigenvalue weighted by Gasteiger charge is -2.46. The molecule has 20 heavy (non-hydrogen) atoms. The normalized spacial score (nSPS) is 22.1. The topological polar surface area (TPSA) is 110 Å². The van der Waals surface area contributed by atoms with Crippen LogP contribution in [0.4, 0.5) is 0 Å². The lowest BCUT2D eigenvalue weighted by molar-refractivity contribution is -0.140. The summed E-state index contributed by atoms with van der Waals surface area (Å²) in [6.45, 7) is 8.38. The van der Waals surface area contributed by atoms with Gasteiger partial charge in [-0.15, -0.1) is 0 Å². The maximum atomic E-state index is 12.4. The molecule has 0 aromatic rings. The Morgan fingerprint density at radius 2 is 1.85 bits per heavy atom. The molecule has 0 aromatic heterocycles. The highest BCUT2D eigenvalue weighted by Gasteiger charge is 2.41. The minimum atomic E-state index is -3.72. The second-order valence-electron chi connectivity index (χ2n) is 6.42. The summed E-state index contributed by atoms with van der Waals surface area (Å²) in [5, 5.41) is 5.15. The van der Waals surface area contributed by atoms with Crippen LogP contribution in [0.15, 0.2) is 0 Å². The van der Waals surface area contributed by atoms with E-state index in [-0.39, 0.29) is 19.0 Å². The minimum absolute atomic E-state index is 0.127. The molecule has 0 aromatic carbocycles. The second kappa shape index (κ2) is 5.97. The Morgan fingerprint density at radius 1 is 1.30 bits per heavy atom. The van der Waals surface area contributed by atoms with Crippen LogP contribution >= 0.6 is 0 Å². The molecule has 1 aliphatic rings. The van der Waals surface area contributed by atoms with Gasteiger partial charge in [0.1, 0.15) is 0 Å². The third-order valence-corrected chi connectivity index (χ3v) is 4.57. The van der Waals surface area contributed by atoms with Crippen LogP contribution in [0.3, 0.4) is 0 Å². The number of hydrogen-bond donors (Lipinski definition) is 2. The van der Waals surface area contributed by atoms with Crippen LogP contribution in [-0.2, 0) is 15.0 Å². The van der Waals surface area contributed by atoms with E-state index < -0.39 is 21.8 Å². The van der Waals surface area contributed by atoms with Crippen LogP contribution in [0.2, 0.25) is 0 Å². The van der Waals surface area contributed by atoms with Crippen molar-refractivity contribution in [1.82, 2.24) is 9.21 Å². The fraction of sp³-hybridized carbons (Fsp3) is 0.917. The van der Waals surface area contributed by atoms with Gasteiger partial charge in [0.05, 0.1) is 11.6 Å². The molecule has 118 valence electrons. The number of piperazine rings is 1. The molecule has 0 bridgehead atoms. The van der Waals surface area contributed by atoms with Crippen LogP contribution in [0.1, 0.15) is 34.1 Å². The van der Waals surface area contributed by atoms with E-state index in [1.54, 1.807) is 4.90 Å². The predicted molar refractivity (Wildman–Crippen MR) is 77.9 cm³/mol. The van der Waals surface area contributed by atoms with Crippen molar-refractivity contribution in [2.75, 3.05) is 19.6 Å². The third-order valence-electron chi connectivity index (χ3n) is 3.54. The van der Waals surface area contributed by atoms with Gasteiger partial charge < -0.3 is 10.6 Å². The van der Waals surface area contributed by atoms with Crippen LogP contribution in [0, 0.1) is 5.92 Å². The number of rotatable bonds is 4. The maximum Gasteiger partial charge on any atom is 0.277 e. The van der Waals surface area contributed by atoms with Gasteiger partial charge >= 0.3 is 0 Å². The molecule has 0 aliphatic carbocycles. The van der Waals surface area contributed by atoms with Crippen LogP contribution in [-0.4, -0.2) is 54.7 Å². The predicted octanol–water partition coefficient (Wildman–Crippen LogP) is -0.514. The maximum absolute atomic E-state index is 12.4. The summed E-state index contributed by atoms with van der Waals surface area (Å²) >= 11 is 0. The Morgan fingerprint density at radius 3 is 2.25 bits per heavy atom. The third kappa shape index (κ3) is 4.15. The lowest BCUT2D eigenvalue weighted by Crippen LogP contribution is -2.65. The molecule has 1 atom stereocenters. The summed E-state index contributed by atoms with van der Waals surface area (Å²) in [7, 11) is -3.72. The van der Waals surface area contributed by atoms with E-state index in [1.807, 2.05) is 27.7 Å². The largest absolute Gasteiger partial charge is 0.334 e. The van der Waals surface area contributed by atoms with Gasteiger partial charge in [0.15, 0.2) is 0 Å². The highest BCUT2D eigenvalue weighted by molar-refractivity contribution is 7.86. The molecule has 1 saturated heterocycles. The zero-order valence-electron chi connectivity index (χ0n) is 12.7. The fourth-order valence-corrected chi connectivity index (χ4v) is 3.38. The molecule has 1 amide bonds. The van der Waals surface area contributed by atoms with Crippen molar-refractivity contribution in [3.05, 3.63) is 0 Å². The van der Waals surface area contributed by atoms with Gasteiger partial charge in [0.2, 0.25) is 5.91 Å². The molecule has 0 saturated carbocycles. The van der Waals surface area contributed by atoms with Gasteiger partial charge in [-0.1, -0.05) is 13.8 Å². The average Bonchev–Trinajstić information content (AvgIpc) is 2.24. The van der Waals surface area contributed by atoms with Crippen molar-refractivity contribution in [1.29, 1.82) is 0 Å². The molecule has 1 unspecified atom stereocenters. The molecule has 1 heterocycles. The average molecular weight is 306 g/mol. The van der Waals surface area contributed by atoms with E-state index >= 15 is 0 Å². The quantitative estimate of drug-likeness (QED) is 0.728. The molecular weight excluding hydrogens is 280 g/mol. The number of nitrogens with zero attached hydrogens (tertiary/aromatic N) is 2. The van der Waals surface area contributed by atoms with Crippen molar-refractivity contribution in [3.8, 4) is 0 Å². The van der Waals surface area contributed by atoms with Crippen molar-refractivity contribution < 1.29 is 13.2 Å². The summed E-state index contributed by atoms with van der Waals surface area (Å²) in [6, 6.07) is -0.546. The molecule has 7 nitrogen and oxygen atoms in total. The van der Waals surface area contributed by atoms with Crippen LogP contribution in [0.5, 0.6) is 0 Å². The zero-order valence-corrected chi connectivity index (χ0v) is 13.5. The zero-order chi connectivity index (χ0) is 15.7. The number of hydrogen-bond acceptors (Lipinski definition) is 4. The smallest absolute Gasteiger partial charge is 0.277 e. The number of nitrogens with two attached hydrogens (primary N) is 2. The molecule has 4 N–H and O–H groups in total. The second-order valence-corrected chi connectivity index (χ2v) is 7.96. The fourth-order valence-electron chi connectivity index (χ4n) is 2.54. The molecule has 1 fully saturated rings. The van der Waals surface area contributed by atoms with Gasteiger partial charge in [-0.3, -0.25) is 4.79 Å². The molecule has 1 aliphatic heterocycles. The first-order chi connectivity index (χ1) is 8.95. The van der Waals surface area contributed by atoms with Crippen molar-refractivity contribution in [2.24, 2.45) is 16.8 Å². The van der Waals surface area contributed by atoms with Crippen LogP contribution < -0.4 is 10.9 Å². The summed E-state index contributed by atoms with van der Waals surface area (Å²) in [4.78, 5) is 14.1. The van der Waals surface area contributed by atoms with Gasteiger partial charge in [-0.05, 0) is 26.2 Å². The molecule has 8 heteroatoms. The lowest BCUT2D eigenvalue weighted by atomic mass is 9.96. The first-order valence-corrected chi connectivity index (χ1v) is 8.30. The number of carbonyl (C=O) groups excluding carboxylic acids is 1. The van der Waals surface area contributed by atoms with Crippen LogP contribution in [0.25, 0.3) is 0 Å². The molecular formula is C12H26N4O3S. The Kier molecular flexibility index (Phi) is 5.18. The first-order valence-electron chi connectivity index (χ1n) is 6.80. The van der Waals surface area contributed by atoms with Crippen molar-refractivity contribution >= 4 is 16.1 Å². The Bertz CT molecular complexity index is 461. The van der Waals surface area contributed by atoms with E-state index in [0.717, 1.165) is 0 Å². The number of carbonyl (C=O) groups is 1. The van der Waals surface area contributed by atoms with Gasteiger partial charge in [0, 0.05) is 19.6 Å². The SMILES string of the molecule is CC(C)CC(N)C(=O)N1CCN(S(N)(=O)=O)CC1(C)C. The van der Waals surface area contributed by atoms with E-state index in [2.05, 4.69) is 0 Å². The number of amides is 1. The van der Waals surface area contributed by atoms with E-state index in [9.17, 15) is 13.2 Å². The summed E-state index contributed by atoms with van der Waals surface area (Å²) in [5.74, 6) is 0.209. The monoisotopic (exact) mass is 306 g/mol. The van der Waals surface area contributed by atoms with Gasteiger partial charge in [0.25, 0.3) is 10.2 Å². The Labute approximate surface area is 121 Å². The Balaban J connectivity index is 2.81. The molecule has 0 radical (unpaired) electrons. The molecule has 1 rings (SSSR count). The van der Waals surface area contributed by atoms with Crippen molar-refractivity contribution in [3.63, 3.8) is 0 Å². The molecule has 0 spiro atoms. The van der Waals surface area contributed by atoms with E-state index in [4.69, 9.17) is 10.9 Å². The van der Waals surface area contributed by atoms with Gasteiger partial charge in [-0.2, -0.15) is 12.7 Å².